The molecule has 8 nitrogen and oxygen atoms in total. The van der Waals surface area contributed by atoms with Gasteiger partial charge in [0, 0.05) is 12.8 Å². The van der Waals surface area contributed by atoms with E-state index in [2.05, 4.69) is 10.6 Å². The van der Waals surface area contributed by atoms with Crippen LogP contribution in [-0.2, 0) is 19.1 Å². The lowest BCUT2D eigenvalue weighted by Gasteiger charge is -2.32. The van der Waals surface area contributed by atoms with Crippen molar-refractivity contribution in [1.29, 1.82) is 0 Å². The minimum Gasteiger partial charge on any atom is -0.466 e. The van der Waals surface area contributed by atoms with E-state index in [-0.39, 0.29) is 36.5 Å². The van der Waals surface area contributed by atoms with Crippen LogP contribution in [-0.4, -0.2) is 56.9 Å². The van der Waals surface area contributed by atoms with Gasteiger partial charge in [0.15, 0.2) is 0 Å². The number of rotatable bonds is 7. The monoisotopic (exact) mass is 368 g/mol. The van der Waals surface area contributed by atoms with Crippen molar-refractivity contribution in [1.82, 2.24) is 10.6 Å². The number of piperidine rings is 1. The maximum atomic E-state index is 12.4. The molecule has 2 amide bonds. The van der Waals surface area contributed by atoms with Crippen LogP contribution in [0.25, 0.3) is 0 Å². The Morgan fingerprint density at radius 3 is 2.35 bits per heavy atom. The van der Waals surface area contributed by atoms with Gasteiger partial charge in [-0.05, 0) is 20.3 Å². The van der Waals surface area contributed by atoms with Gasteiger partial charge in [0.1, 0.15) is 6.54 Å². The van der Waals surface area contributed by atoms with Crippen LogP contribution >= 0.6 is 0 Å². The van der Waals surface area contributed by atoms with Crippen molar-refractivity contribution in [2.24, 2.45) is 5.92 Å². The van der Waals surface area contributed by atoms with E-state index in [1.54, 1.807) is 6.92 Å². The fourth-order valence-electron chi connectivity index (χ4n) is 3.55. The van der Waals surface area contributed by atoms with Crippen LogP contribution in [0.1, 0.15) is 40.0 Å². The number of hydrogen-bond donors (Lipinski definition) is 3. The molecule has 2 aliphatic rings. The molecular formula is C18H30N3O5+. The van der Waals surface area contributed by atoms with E-state index in [9.17, 15) is 14.4 Å². The zero-order valence-corrected chi connectivity index (χ0v) is 15.9. The molecule has 1 fully saturated rings. The van der Waals surface area contributed by atoms with E-state index >= 15 is 0 Å². The molecule has 2 aliphatic heterocycles. The van der Waals surface area contributed by atoms with Gasteiger partial charge in [-0.1, -0.05) is 6.92 Å². The predicted molar refractivity (Wildman–Crippen MR) is 94.3 cm³/mol. The SMILES string of the molecule is CCOC(=O)C1=C(C[NH+]2CCC(C(=O)OCC)CC2)NC(=O)N[C@H]1CC. The first-order valence-corrected chi connectivity index (χ1v) is 9.47. The zero-order chi connectivity index (χ0) is 19.1. The molecule has 0 unspecified atom stereocenters. The summed E-state index contributed by atoms with van der Waals surface area (Å²) in [6.07, 6.45) is 2.12. The van der Waals surface area contributed by atoms with Gasteiger partial charge in [-0.15, -0.1) is 0 Å². The number of amides is 2. The molecule has 2 rings (SSSR count). The van der Waals surface area contributed by atoms with E-state index in [1.165, 1.54) is 4.90 Å². The summed E-state index contributed by atoms with van der Waals surface area (Å²) in [5.74, 6) is -0.565. The smallest absolute Gasteiger partial charge is 0.338 e. The molecule has 0 saturated carbocycles. The molecule has 0 aromatic rings. The predicted octanol–water partition coefficient (Wildman–Crippen LogP) is -0.247. The van der Waals surface area contributed by atoms with E-state index in [4.69, 9.17) is 9.47 Å². The summed E-state index contributed by atoms with van der Waals surface area (Å²) < 4.78 is 10.3. The van der Waals surface area contributed by atoms with Gasteiger partial charge in [0.25, 0.3) is 0 Å². The molecule has 1 atom stereocenters. The highest BCUT2D eigenvalue weighted by Gasteiger charge is 2.35. The van der Waals surface area contributed by atoms with Crippen LogP contribution in [0.5, 0.6) is 0 Å². The third-order valence-electron chi connectivity index (χ3n) is 4.89. The highest BCUT2D eigenvalue weighted by atomic mass is 16.5. The van der Waals surface area contributed by atoms with Crippen LogP contribution in [0, 0.1) is 5.92 Å². The summed E-state index contributed by atoms with van der Waals surface area (Å²) in [4.78, 5) is 37.4. The number of carbonyl (C=O) groups is 3. The molecule has 0 aliphatic carbocycles. The van der Waals surface area contributed by atoms with Gasteiger partial charge in [0.05, 0.1) is 49.5 Å². The second-order valence-electron chi connectivity index (χ2n) is 6.63. The molecule has 0 radical (unpaired) electrons. The molecule has 0 bridgehead atoms. The third kappa shape index (κ3) is 4.97. The van der Waals surface area contributed by atoms with Crippen molar-refractivity contribution in [2.75, 3.05) is 32.8 Å². The van der Waals surface area contributed by atoms with Crippen LogP contribution in [0.15, 0.2) is 11.3 Å². The standard InChI is InChI=1S/C18H29N3O5/c1-4-13-15(17(23)26-6-3)14(20-18(24)19-13)11-21-9-7-12(8-10-21)16(22)25-5-2/h12-13H,4-11H2,1-3H3,(H2,19,20,24)/p+1/t13-/m0/s1. The maximum Gasteiger partial charge on any atom is 0.338 e. The fourth-order valence-corrected chi connectivity index (χ4v) is 3.55. The fraction of sp³-hybridized carbons (Fsp3) is 0.722. The number of likely N-dealkylation sites (tertiary alicyclic amines) is 1. The topological polar surface area (TPSA) is 98.2 Å². The summed E-state index contributed by atoms with van der Waals surface area (Å²) in [7, 11) is 0. The first kappa shape index (κ1) is 20.2. The largest absolute Gasteiger partial charge is 0.466 e. The molecule has 3 N–H and O–H groups in total. The van der Waals surface area contributed by atoms with Crippen LogP contribution in [0.4, 0.5) is 4.79 Å². The Labute approximate surface area is 154 Å². The van der Waals surface area contributed by atoms with Gasteiger partial charge in [-0.25, -0.2) is 9.59 Å². The second kappa shape index (κ2) is 9.56. The molecule has 8 heteroatoms. The van der Waals surface area contributed by atoms with Crippen molar-refractivity contribution in [3.63, 3.8) is 0 Å². The van der Waals surface area contributed by atoms with Crippen LogP contribution < -0.4 is 15.5 Å². The molecular weight excluding hydrogens is 338 g/mol. The quantitative estimate of drug-likeness (QED) is 0.539. The minimum atomic E-state index is -0.386. The second-order valence-corrected chi connectivity index (χ2v) is 6.63. The molecule has 1 saturated heterocycles. The Balaban J connectivity index is 2.08. The summed E-state index contributed by atoms with van der Waals surface area (Å²) in [5, 5.41) is 5.57. The molecule has 0 aromatic carbocycles. The number of nitrogens with one attached hydrogen (secondary N) is 3. The lowest BCUT2D eigenvalue weighted by Crippen LogP contribution is -3.13. The van der Waals surface area contributed by atoms with Gasteiger partial charge in [0.2, 0.25) is 0 Å². The third-order valence-corrected chi connectivity index (χ3v) is 4.89. The number of carbonyl (C=O) groups excluding carboxylic acids is 3. The highest BCUT2D eigenvalue weighted by molar-refractivity contribution is 5.94. The first-order valence-electron chi connectivity index (χ1n) is 9.47. The molecule has 26 heavy (non-hydrogen) atoms. The summed E-state index contributed by atoms with van der Waals surface area (Å²) in [6, 6.07) is -0.630. The Kier molecular flexibility index (Phi) is 7.44. The van der Waals surface area contributed by atoms with Crippen molar-refractivity contribution >= 4 is 18.0 Å². The van der Waals surface area contributed by atoms with Gasteiger partial charge in [-0.3, -0.25) is 4.79 Å². The van der Waals surface area contributed by atoms with E-state index < -0.39 is 0 Å². The summed E-state index contributed by atoms with van der Waals surface area (Å²) >= 11 is 0. The summed E-state index contributed by atoms with van der Waals surface area (Å²) in [6.45, 7) is 8.31. The maximum absolute atomic E-state index is 12.4. The van der Waals surface area contributed by atoms with Gasteiger partial charge >= 0.3 is 18.0 Å². The number of quaternary nitrogens is 1. The molecule has 0 aromatic heterocycles. The van der Waals surface area contributed by atoms with Gasteiger partial charge in [-0.2, -0.15) is 0 Å². The number of urea groups is 1. The van der Waals surface area contributed by atoms with E-state index in [1.807, 2.05) is 13.8 Å². The zero-order valence-electron chi connectivity index (χ0n) is 15.9. The normalized spacial score (nSPS) is 26.0. The van der Waals surface area contributed by atoms with Gasteiger partial charge < -0.3 is 25.0 Å². The molecule has 146 valence electrons. The minimum absolute atomic E-state index is 0.0526. The van der Waals surface area contributed by atoms with Crippen molar-refractivity contribution < 1.29 is 28.8 Å². The Hall–Kier alpha value is -2.09. The lowest BCUT2D eigenvalue weighted by molar-refractivity contribution is -0.901. The molecule has 2 heterocycles. The highest BCUT2D eigenvalue weighted by Crippen LogP contribution is 2.17. The van der Waals surface area contributed by atoms with E-state index in [0.717, 1.165) is 25.9 Å². The van der Waals surface area contributed by atoms with Crippen molar-refractivity contribution in [3.05, 3.63) is 11.3 Å². The van der Waals surface area contributed by atoms with E-state index in [0.29, 0.717) is 30.8 Å². The van der Waals surface area contributed by atoms with Crippen LogP contribution in [0.3, 0.4) is 0 Å². The summed E-state index contributed by atoms with van der Waals surface area (Å²) in [5.41, 5.74) is 1.14. The Bertz CT molecular complexity index is 567. The van der Waals surface area contributed by atoms with Crippen molar-refractivity contribution in [3.8, 4) is 0 Å². The molecule has 0 spiro atoms. The number of esters is 2. The van der Waals surface area contributed by atoms with Crippen LogP contribution in [0.2, 0.25) is 0 Å². The number of hydrogen-bond acceptors (Lipinski definition) is 5. The average molecular weight is 368 g/mol. The van der Waals surface area contributed by atoms with Crippen molar-refractivity contribution in [2.45, 2.75) is 46.1 Å². The number of ether oxygens (including phenoxy) is 2. The first-order chi connectivity index (χ1) is 12.5. The lowest BCUT2D eigenvalue weighted by atomic mass is 9.95. The Morgan fingerprint density at radius 2 is 1.77 bits per heavy atom. The average Bonchev–Trinajstić information content (AvgIpc) is 2.62. The Morgan fingerprint density at radius 1 is 1.12 bits per heavy atom.